The number of piperidine rings is 1. The Balaban J connectivity index is 1.89. The van der Waals surface area contributed by atoms with E-state index in [0.29, 0.717) is 6.04 Å². The van der Waals surface area contributed by atoms with E-state index in [1.807, 2.05) is 6.07 Å². The van der Waals surface area contributed by atoms with Crippen LogP contribution < -0.4 is 0 Å². The molecule has 1 aliphatic rings. The van der Waals surface area contributed by atoms with Gasteiger partial charge in [-0.1, -0.05) is 24.6 Å². The molecule has 1 atom stereocenters. The average molecular weight is 284 g/mol. The van der Waals surface area contributed by atoms with Crippen LogP contribution in [0.4, 0.5) is 0 Å². The highest BCUT2D eigenvalue weighted by Gasteiger charge is 2.22. The first-order valence-electron chi connectivity index (χ1n) is 7.98. The molecule has 3 rings (SSSR count). The monoisotopic (exact) mass is 284 g/mol. The maximum Gasteiger partial charge on any atom is 0.0708 e. The third kappa shape index (κ3) is 3.25. The van der Waals surface area contributed by atoms with Crippen LogP contribution in [-0.4, -0.2) is 34.2 Å². The SMILES string of the molecule is Cc1cc(CN2CCCCC2CCO)c2ccccc2n1. The number of aliphatic hydroxyl groups excluding tert-OH is 1. The molecule has 1 saturated heterocycles. The molecule has 0 radical (unpaired) electrons. The van der Waals surface area contributed by atoms with Gasteiger partial charge in [-0.3, -0.25) is 9.88 Å². The van der Waals surface area contributed by atoms with E-state index in [2.05, 4.69) is 41.1 Å². The van der Waals surface area contributed by atoms with Gasteiger partial charge in [0.1, 0.15) is 0 Å². The lowest BCUT2D eigenvalue weighted by Crippen LogP contribution is -2.39. The van der Waals surface area contributed by atoms with Crippen molar-refractivity contribution in [2.75, 3.05) is 13.2 Å². The van der Waals surface area contributed by atoms with Gasteiger partial charge in [-0.05, 0) is 50.4 Å². The smallest absolute Gasteiger partial charge is 0.0708 e. The summed E-state index contributed by atoms with van der Waals surface area (Å²) in [4.78, 5) is 7.17. The second-order valence-electron chi connectivity index (χ2n) is 6.07. The van der Waals surface area contributed by atoms with Gasteiger partial charge in [-0.25, -0.2) is 0 Å². The number of aromatic nitrogens is 1. The molecule has 0 spiro atoms. The van der Waals surface area contributed by atoms with Crippen LogP contribution in [0.5, 0.6) is 0 Å². The minimum absolute atomic E-state index is 0.289. The lowest BCUT2D eigenvalue weighted by molar-refractivity contribution is 0.113. The van der Waals surface area contributed by atoms with Gasteiger partial charge in [-0.2, -0.15) is 0 Å². The molecule has 1 aliphatic heterocycles. The maximum atomic E-state index is 9.28. The van der Waals surface area contributed by atoms with Gasteiger partial charge in [0.05, 0.1) is 5.52 Å². The van der Waals surface area contributed by atoms with E-state index in [0.717, 1.165) is 30.7 Å². The van der Waals surface area contributed by atoms with Crippen molar-refractivity contribution in [3.8, 4) is 0 Å². The van der Waals surface area contributed by atoms with Crippen LogP contribution in [0.2, 0.25) is 0 Å². The van der Waals surface area contributed by atoms with E-state index in [9.17, 15) is 5.11 Å². The fraction of sp³-hybridized carbons (Fsp3) is 0.500. The Bertz CT molecular complexity index is 609. The van der Waals surface area contributed by atoms with Crippen molar-refractivity contribution in [3.05, 3.63) is 41.6 Å². The van der Waals surface area contributed by atoms with Crippen LogP contribution >= 0.6 is 0 Å². The number of benzene rings is 1. The number of rotatable bonds is 4. The number of likely N-dealkylation sites (tertiary alicyclic amines) is 1. The van der Waals surface area contributed by atoms with Crippen LogP contribution in [0.1, 0.15) is 36.9 Å². The maximum absolute atomic E-state index is 9.28. The molecule has 3 nitrogen and oxygen atoms in total. The van der Waals surface area contributed by atoms with Crippen molar-refractivity contribution in [2.45, 2.75) is 45.2 Å². The molecule has 112 valence electrons. The fourth-order valence-electron chi connectivity index (χ4n) is 3.49. The Hall–Kier alpha value is -1.45. The summed E-state index contributed by atoms with van der Waals surface area (Å²) in [6.07, 6.45) is 4.66. The molecule has 1 N–H and O–H groups in total. The van der Waals surface area contributed by atoms with E-state index in [-0.39, 0.29) is 6.61 Å². The first-order valence-corrected chi connectivity index (χ1v) is 7.98. The van der Waals surface area contributed by atoms with E-state index < -0.39 is 0 Å². The van der Waals surface area contributed by atoms with Crippen LogP contribution in [-0.2, 0) is 6.54 Å². The second kappa shape index (κ2) is 6.54. The van der Waals surface area contributed by atoms with Crippen molar-refractivity contribution in [1.82, 2.24) is 9.88 Å². The number of para-hydroxylation sites is 1. The second-order valence-corrected chi connectivity index (χ2v) is 6.07. The molecule has 1 aromatic heterocycles. The highest BCUT2D eigenvalue weighted by molar-refractivity contribution is 5.82. The predicted octanol–water partition coefficient (Wildman–Crippen LogP) is 3.28. The quantitative estimate of drug-likeness (QED) is 0.936. The average Bonchev–Trinajstić information content (AvgIpc) is 2.49. The molecular formula is C18H24N2O. The number of fused-ring (bicyclic) bond motifs is 1. The summed E-state index contributed by atoms with van der Waals surface area (Å²) in [5, 5.41) is 10.5. The molecule has 0 aliphatic carbocycles. The number of pyridine rings is 1. The minimum atomic E-state index is 0.289. The van der Waals surface area contributed by atoms with Gasteiger partial charge >= 0.3 is 0 Å². The third-order valence-electron chi connectivity index (χ3n) is 4.51. The summed E-state index contributed by atoms with van der Waals surface area (Å²) in [7, 11) is 0. The van der Waals surface area contributed by atoms with Crippen molar-refractivity contribution >= 4 is 10.9 Å². The normalized spacial score (nSPS) is 20.0. The Morgan fingerprint density at radius 3 is 3.00 bits per heavy atom. The highest BCUT2D eigenvalue weighted by Crippen LogP contribution is 2.25. The standard InChI is InChI=1S/C18H24N2O/c1-14-12-15(17-7-2-3-8-18(17)19-14)13-20-10-5-4-6-16(20)9-11-21/h2-3,7-8,12,16,21H,4-6,9-11,13H2,1H3. The zero-order valence-electron chi connectivity index (χ0n) is 12.8. The third-order valence-corrected chi connectivity index (χ3v) is 4.51. The molecule has 3 heteroatoms. The summed E-state index contributed by atoms with van der Waals surface area (Å²) in [6, 6.07) is 11.1. The van der Waals surface area contributed by atoms with E-state index in [1.54, 1.807) is 0 Å². The Labute approximate surface area is 126 Å². The van der Waals surface area contributed by atoms with Gasteiger partial charge in [0, 0.05) is 30.3 Å². The Morgan fingerprint density at radius 2 is 2.14 bits per heavy atom. The van der Waals surface area contributed by atoms with Gasteiger partial charge in [-0.15, -0.1) is 0 Å². The van der Waals surface area contributed by atoms with Gasteiger partial charge in [0.2, 0.25) is 0 Å². The zero-order chi connectivity index (χ0) is 14.7. The largest absolute Gasteiger partial charge is 0.396 e. The molecule has 0 bridgehead atoms. The summed E-state index contributed by atoms with van der Waals surface area (Å²) in [6.45, 7) is 4.46. The van der Waals surface area contributed by atoms with E-state index in [1.165, 1.54) is 30.2 Å². The molecule has 2 aromatic rings. The van der Waals surface area contributed by atoms with Crippen molar-refractivity contribution in [2.24, 2.45) is 0 Å². The molecule has 1 aromatic carbocycles. The number of hydrogen-bond donors (Lipinski definition) is 1. The molecule has 21 heavy (non-hydrogen) atoms. The van der Waals surface area contributed by atoms with E-state index >= 15 is 0 Å². The number of aliphatic hydroxyl groups is 1. The van der Waals surface area contributed by atoms with Crippen LogP contribution in [0, 0.1) is 6.92 Å². The van der Waals surface area contributed by atoms with E-state index in [4.69, 9.17) is 0 Å². The molecule has 1 unspecified atom stereocenters. The summed E-state index contributed by atoms with van der Waals surface area (Å²) in [5.74, 6) is 0. The minimum Gasteiger partial charge on any atom is -0.396 e. The van der Waals surface area contributed by atoms with Crippen molar-refractivity contribution in [3.63, 3.8) is 0 Å². The first-order chi connectivity index (χ1) is 10.3. The number of aryl methyl sites for hydroxylation is 1. The lowest BCUT2D eigenvalue weighted by atomic mass is 9.98. The van der Waals surface area contributed by atoms with Gasteiger partial charge in [0.25, 0.3) is 0 Å². The van der Waals surface area contributed by atoms with Gasteiger partial charge in [0.15, 0.2) is 0 Å². The summed E-state index contributed by atoms with van der Waals surface area (Å²) >= 11 is 0. The molecule has 1 fully saturated rings. The van der Waals surface area contributed by atoms with Crippen LogP contribution in [0.25, 0.3) is 10.9 Å². The molecule has 0 amide bonds. The molecule has 2 heterocycles. The summed E-state index contributed by atoms with van der Waals surface area (Å²) in [5.41, 5.74) is 3.53. The lowest BCUT2D eigenvalue weighted by Gasteiger charge is -2.35. The Kier molecular flexibility index (Phi) is 4.51. The van der Waals surface area contributed by atoms with Crippen molar-refractivity contribution < 1.29 is 5.11 Å². The highest BCUT2D eigenvalue weighted by atomic mass is 16.3. The number of nitrogens with zero attached hydrogens (tertiary/aromatic N) is 2. The van der Waals surface area contributed by atoms with Gasteiger partial charge < -0.3 is 5.11 Å². The Morgan fingerprint density at radius 1 is 1.29 bits per heavy atom. The topological polar surface area (TPSA) is 36.4 Å². The molecule has 0 saturated carbocycles. The van der Waals surface area contributed by atoms with Crippen molar-refractivity contribution in [1.29, 1.82) is 0 Å². The molecular weight excluding hydrogens is 260 g/mol. The zero-order valence-corrected chi connectivity index (χ0v) is 12.8. The van der Waals surface area contributed by atoms with Crippen LogP contribution in [0.3, 0.4) is 0 Å². The predicted molar refractivity (Wildman–Crippen MR) is 86.2 cm³/mol. The fourth-order valence-corrected chi connectivity index (χ4v) is 3.49. The summed E-state index contributed by atoms with van der Waals surface area (Å²) < 4.78 is 0. The number of hydrogen-bond acceptors (Lipinski definition) is 3. The van der Waals surface area contributed by atoms with Crippen LogP contribution in [0.15, 0.2) is 30.3 Å². The first kappa shape index (κ1) is 14.5.